The first-order valence-corrected chi connectivity index (χ1v) is 9.15. The fraction of sp³-hybridized carbons (Fsp3) is 0.238. The molecule has 0 fully saturated rings. The predicted octanol–water partition coefficient (Wildman–Crippen LogP) is 2.36. The molecule has 0 aliphatic carbocycles. The number of rotatable bonds is 8. The van der Waals surface area contributed by atoms with Gasteiger partial charge in [-0.25, -0.2) is 10.2 Å². The van der Waals surface area contributed by atoms with Crippen LogP contribution in [0.25, 0.3) is 0 Å². The number of carboxylic acid groups (broad SMARTS) is 1. The molecule has 2 amide bonds. The van der Waals surface area contributed by atoms with E-state index in [1.807, 2.05) is 32.0 Å². The molecule has 3 N–H and O–H groups in total. The number of carbonyl (C=O) groups is 3. The molecule has 2 aromatic rings. The molecule has 152 valence electrons. The average Bonchev–Trinajstić information content (AvgIpc) is 2.72. The second kappa shape index (κ2) is 10.6. The smallest absolute Gasteiger partial charge is 0.341 e. The van der Waals surface area contributed by atoms with Crippen molar-refractivity contribution in [3.8, 4) is 5.75 Å². The second-order valence-electron chi connectivity index (χ2n) is 6.03. The predicted molar refractivity (Wildman–Crippen MR) is 109 cm³/mol. The molecule has 0 aliphatic rings. The van der Waals surface area contributed by atoms with Crippen LogP contribution in [0.3, 0.4) is 0 Å². The largest absolute Gasteiger partial charge is 0.481 e. The summed E-state index contributed by atoms with van der Waals surface area (Å²) >= 11 is 0. The Morgan fingerprint density at radius 3 is 2.28 bits per heavy atom. The lowest BCUT2D eigenvalue weighted by atomic mass is 10.0. The van der Waals surface area contributed by atoms with Crippen LogP contribution in [-0.4, -0.2) is 35.7 Å². The minimum absolute atomic E-state index is 0.293. The minimum Gasteiger partial charge on any atom is -0.481 e. The summed E-state index contributed by atoms with van der Waals surface area (Å²) < 4.78 is 5.15. The fourth-order valence-corrected chi connectivity index (χ4v) is 2.64. The number of carboxylic acids is 1. The number of amides is 2. The van der Waals surface area contributed by atoms with E-state index in [0.29, 0.717) is 17.0 Å². The molecule has 0 radical (unpaired) electrons. The number of para-hydroxylation sites is 2. The van der Waals surface area contributed by atoms with E-state index in [2.05, 4.69) is 15.8 Å². The van der Waals surface area contributed by atoms with E-state index in [1.165, 1.54) is 6.21 Å². The van der Waals surface area contributed by atoms with E-state index in [4.69, 9.17) is 9.84 Å². The van der Waals surface area contributed by atoms with Gasteiger partial charge in [0.2, 0.25) is 0 Å². The highest BCUT2D eigenvalue weighted by molar-refractivity contribution is 6.39. The summed E-state index contributed by atoms with van der Waals surface area (Å²) in [6, 6.07) is 12.3. The van der Waals surface area contributed by atoms with Crippen molar-refractivity contribution >= 4 is 29.7 Å². The normalized spacial score (nSPS) is 10.6. The van der Waals surface area contributed by atoms with E-state index in [0.717, 1.165) is 24.0 Å². The zero-order chi connectivity index (χ0) is 21.2. The van der Waals surface area contributed by atoms with Gasteiger partial charge in [-0.3, -0.25) is 9.59 Å². The molecule has 0 heterocycles. The van der Waals surface area contributed by atoms with E-state index >= 15 is 0 Å². The lowest BCUT2D eigenvalue weighted by molar-refractivity contribution is -0.139. The summed E-state index contributed by atoms with van der Waals surface area (Å²) in [6.07, 6.45) is 2.71. The van der Waals surface area contributed by atoms with Gasteiger partial charge in [0.15, 0.2) is 6.61 Å². The quantitative estimate of drug-likeness (QED) is 0.359. The Morgan fingerprint density at radius 2 is 1.66 bits per heavy atom. The summed E-state index contributed by atoms with van der Waals surface area (Å²) in [6.45, 7) is 3.44. The van der Waals surface area contributed by atoms with E-state index in [-0.39, 0.29) is 0 Å². The third-order valence-corrected chi connectivity index (χ3v) is 4.08. The fourth-order valence-electron chi connectivity index (χ4n) is 2.64. The number of hydrazone groups is 1. The maximum absolute atomic E-state index is 12.2. The van der Waals surface area contributed by atoms with Gasteiger partial charge in [-0.2, -0.15) is 5.10 Å². The summed E-state index contributed by atoms with van der Waals surface area (Å²) in [4.78, 5) is 35.0. The first-order chi connectivity index (χ1) is 14.0. The Bertz CT molecular complexity index is 902. The van der Waals surface area contributed by atoms with Crippen molar-refractivity contribution in [1.82, 2.24) is 5.43 Å². The van der Waals surface area contributed by atoms with Crippen molar-refractivity contribution in [2.75, 3.05) is 11.9 Å². The summed E-state index contributed by atoms with van der Waals surface area (Å²) in [5.74, 6) is -2.56. The van der Waals surface area contributed by atoms with Gasteiger partial charge in [0.25, 0.3) is 0 Å². The number of nitrogens with one attached hydrogen (secondary N) is 2. The first kappa shape index (κ1) is 21.6. The number of nitrogens with zero attached hydrogens (tertiary/aromatic N) is 1. The third-order valence-electron chi connectivity index (χ3n) is 4.08. The van der Waals surface area contributed by atoms with Crippen LogP contribution in [0.15, 0.2) is 47.6 Å². The van der Waals surface area contributed by atoms with Gasteiger partial charge in [-0.05, 0) is 36.1 Å². The molecule has 2 aromatic carbocycles. The standard InChI is InChI=1S/C21H23N3O5/c1-3-14-9-7-10-15(4-2)19(14)23-20(27)21(28)24-22-12-16-8-5-6-11-17(16)29-13-18(25)26/h5-12H,3-4,13H2,1-2H3,(H,23,27)(H,24,28)(H,25,26)/b22-12-. The zero-order valence-electron chi connectivity index (χ0n) is 16.3. The summed E-state index contributed by atoms with van der Waals surface area (Å²) in [5.41, 5.74) is 5.16. The first-order valence-electron chi connectivity index (χ1n) is 9.15. The maximum atomic E-state index is 12.2. The number of hydrogen-bond donors (Lipinski definition) is 3. The van der Waals surface area contributed by atoms with Crippen molar-refractivity contribution in [3.63, 3.8) is 0 Å². The number of hydrogen-bond acceptors (Lipinski definition) is 5. The molecule has 0 unspecified atom stereocenters. The van der Waals surface area contributed by atoms with Crippen LogP contribution < -0.4 is 15.5 Å². The number of carbonyl (C=O) groups excluding carboxylic acids is 2. The van der Waals surface area contributed by atoms with Gasteiger partial charge in [0, 0.05) is 11.3 Å². The topological polar surface area (TPSA) is 117 Å². The van der Waals surface area contributed by atoms with Crippen molar-refractivity contribution in [2.24, 2.45) is 5.10 Å². The maximum Gasteiger partial charge on any atom is 0.341 e. The number of aryl methyl sites for hydroxylation is 2. The van der Waals surface area contributed by atoms with Crippen LogP contribution in [0.1, 0.15) is 30.5 Å². The average molecular weight is 397 g/mol. The van der Waals surface area contributed by atoms with Gasteiger partial charge in [-0.1, -0.05) is 44.2 Å². The molecular formula is C21H23N3O5. The number of anilines is 1. The molecule has 8 heteroatoms. The monoisotopic (exact) mass is 397 g/mol. The van der Waals surface area contributed by atoms with Crippen molar-refractivity contribution < 1.29 is 24.2 Å². The van der Waals surface area contributed by atoms with Crippen LogP contribution in [0.4, 0.5) is 5.69 Å². The zero-order valence-corrected chi connectivity index (χ0v) is 16.3. The molecule has 0 spiro atoms. The molecule has 2 rings (SSSR count). The Kier molecular flexibility index (Phi) is 7.90. The highest BCUT2D eigenvalue weighted by atomic mass is 16.5. The molecular weight excluding hydrogens is 374 g/mol. The van der Waals surface area contributed by atoms with Crippen LogP contribution in [0, 0.1) is 0 Å². The van der Waals surface area contributed by atoms with E-state index in [1.54, 1.807) is 24.3 Å². The van der Waals surface area contributed by atoms with E-state index < -0.39 is 24.4 Å². The van der Waals surface area contributed by atoms with Gasteiger partial charge in [0.05, 0.1) is 6.21 Å². The Morgan fingerprint density at radius 1 is 1.00 bits per heavy atom. The molecule has 0 atom stereocenters. The number of ether oxygens (including phenoxy) is 1. The second-order valence-corrected chi connectivity index (χ2v) is 6.03. The van der Waals surface area contributed by atoms with Crippen LogP contribution in [-0.2, 0) is 27.2 Å². The SMILES string of the molecule is CCc1cccc(CC)c1NC(=O)C(=O)N/N=C\c1ccccc1OCC(=O)O. The van der Waals surface area contributed by atoms with Gasteiger partial charge >= 0.3 is 17.8 Å². The van der Waals surface area contributed by atoms with E-state index in [9.17, 15) is 14.4 Å². The Balaban J connectivity index is 2.03. The summed E-state index contributed by atoms with van der Waals surface area (Å²) in [5, 5.41) is 15.1. The highest BCUT2D eigenvalue weighted by Crippen LogP contribution is 2.22. The van der Waals surface area contributed by atoms with Crippen molar-refractivity contribution in [2.45, 2.75) is 26.7 Å². The van der Waals surface area contributed by atoms with Gasteiger partial charge in [-0.15, -0.1) is 0 Å². The van der Waals surface area contributed by atoms with Crippen molar-refractivity contribution in [3.05, 3.63) is 59.2 Å². The van der Waals surface area contributed by atoms with Crippen molar-refractivity contribution in [1.29, 1.82) is 0 Å². The lowest BCUT2D eigenvalue weighted by Crippen LogP contribution is -2.33. The number of aliphatic carboxylic acids is 1. The third kappa shape index (κ3) is 6.17. The molecule has 0 bridgehead atoms. The van der Waals surface area contributed by atoms with Crippen LogP contribution in [0.2, 0.25) is 0 Å². The van der Waals surface area contributed by atoms with Crippen LogP contribution >= 0.6 is 0 Å². The molecule has 29 heavy (non-hydrogen) atoms. The van der Waals surface area contributed by atoms with Crippen LogP contribution in [0.5, 0.6) is 5.75 Å². The highest BCUT2D eigenvalue weighted by Gasteiger charge is 2.16. The minimum atomic E-state index is -1.11. The Labute approximate surface area is 168 Å². The summed E-state index contributed by atoms with van der Waals surface area (Å²) in [7, 11) is 0. The molecule has 0 saturated heterocycles. The molecule has 0 aromatic heterocycles. The lowest BCUT2D eigenvalue weighted by Gasteiger charge is -2.13. The van der Waals surface area contributed by atoms with Gasteiger partial charge < -0.3 is 15.2 Å². The van der Waals surface area contributed by atoms with Gasteiger partial charge in [0.1, 0.15) is 5.75 Å². The molecule has 0 aliphatic heterocycles. The molecule has 0 saturated carbocycles. The Hall–Kier alpha value is -3.68. The molecule has 8 nitrogen and oxygen atoms in total. The number of benzene rings is 2.